The third-order valence-electron chi connectivity index (χ3n) is 3.47. The summed E-state index contributed by atoms with van der Waals surface area (Å²) in [5, 5.41) is 0. The normalized spacial score (nSPS) is 11.0. The summed E-state index contributed by atoms with van der Waals surface area (Å²) in [6.07, 6.45) is 0. The van der Waals surface area contributed by atoms with Gasteiger partial charge in [0.15, 0.2) is 0 Å². The largest absolute Gasteiger partial charge is 0.475 e. The van der Waals surface area contributed by atoms with Crippen LogP contribution in [0.2, 0.25) is 0 Å². The highest BCUT2D eigenvalue weighted by Gasteiger charge is 2.27. The number of phosphoric acid groups is 1. The molecule has 160 valence electrons. The van der Waals surface area contributed by atoms with E-state index in [1.54, 1.807) is 0 Å². The van der Waals surface area contributed by atoms with Crippen LogP contribution < -0.4 is 0 Å². The molecule has 0 unspecified atom stereocenters. The molecule has 1 rings (SSSR count). The first-order valence-corrected chi connectivity index (χ1v) is 10.3. The van der Waals surface area contributed by atoms with E-state index in [1.165, 1.54) is 13.8 Å². The fourth-order valence-electron chi connectivity index (χ4n) is 1.85. The second-order valence-corrected chi connectivity index (χ2v) is 7.82. The van der Waals surface area contributed by atoms with Crippen LogP contribution >= 0.6 is 7.82 Å². The average molecular weight is 426 g/mol. The Morgan fingerprint density at radius 3 is 1.79 bits per heavy atom. The molecule has 0 aromatic heterocycles. The number of rotatable bonds is 13. The van der Waals surface area contributed by atoms with Gasteiger partial charge in [0.25, 0.3) is 0 Å². The molecule has 0 atom stereocenters. The summed E-state index contributed by atoms with van der Waals surface area (Å²) in [7, 11) is -4.00. The summed E-state index contributed by atoms with van der Waals surface area (Å²) in [6, 6.07) is 7.41. The Hall–Kier alpha value is -2.25. The van der Waals surface area contributed by atoms with Crippen LogP contribution in [0.25, 0.3) is 0 Å². The molecule has 0 amide bonds. The molecule has 0 saturated carbocycles. The monoisotopic (exact) mass is 426 g/mol. The zero-order valence-electron chi connectivity index (χ0n) is 17.0. The molecular formula is C20H27O8P. The standard InChI is InChI=1S/C20H27O8P/c1-15(2)19(21)24-10-12-26-29(23,27-13-11-25-20(22)16(3)4)28-14-18-9-7-6-8-17(18)5/h6-9H,1,3,10-14H2,2,4-5H3. The highest BCUT2D eigenvalue weighted by Crippen LogP contribution is 2.50. The van der Waals surface area contributed by atoms with E-state index in [9.17, 15) is 14.2 Å². The number of carbonyl (C=O) groups is 2. The van der Waals surface area contributed by atoms with Crippen molar-refractivity contribution in [1.82, 2.24) is 0 Å². The van der Waals surface area contributed by atoms with Crippen LogP contribution in [0.3, 0.4) is 0 Å². The highest BCUT2D eigenvalue weighted by atomic mass is 31.2. The van der Waals surface area contributed by atoms with Gasteiger partial charge in [-0.2, -0.15) is 0 Å². The molecule has 1 aromatic carbocycles. The summed E-state index contributed by atoms with van der Waals surface area (Å²) < 4.78 is 38.5. The zero-order chi connectivity index (χ0) is 21.9. The van der Waals surface area contributed by atoms with Gasteiger partial charge in [0.1, 0.15) is 13.2 Å². The van der Waals surface area contributed by atoms with Crippen molar-refractivity contribution in [3.05, 3.63) is 59.7 Å². The zero-order valence-corrected chi connectivity index (χ0v) is 17.9. The molecule has 9 heteroatoms. The van der Waals surface area contributed by atoms with Crippen molar-refractivity contribution in [2.75, 3.05) is 26.4 Å². The molecule has 1 aromatic rings. The quantitative estimate of drug-likeness (QED) is 0.203. The van der Waals surface area contributed by atoms with Crippen LogP contribution in [0, 0.1) is 6.92 Å². The van der Waals surface area contributed by atoms with Crippen LogP contribution in [-0.4, -0.2) is 38.4 Å². The molecule has 0 radical (unpaired) electrons. The Bertz CT molecular complexity index is 748. The lowest BCUT2D eigenvalue weighted by atomic mass is 10.1. The van der Waals surface area contributed by atoms with Gasteiger partial charge >= 0.3 is 19.8 Å². The Labute approximate surface area is 171 Å². The number of hydrogen-bond acceptors (Lipinski definition) is 8. The molecule has 0 fully saturated rings. The van der Waals surface area contributed by atoms with Gasteiger partial charge in [0.2, 0.25) is 0 Å². The Kier molecular flexibility index (Phi) is 10.5. The van der Waals surface area contributed by atoms with Crippen LogP contribution in [0.15, 0.2) is 48.6 Å². The van der Waals surface area contributed by atoms with Gasteiger partial charge in [0.05, 0.1) is 19.8 Å². The minimum absolute atomic E-state index is 0.0128. The number of esters is 2. The fourth-order valence-corrected chi connectivity index (χ4v) is 2.96. The summed E-state index contributed by atoms with van der Waals surface area (Å²) in [4.78, 5) is 22.8. The van der Waals surface area contributed by atoms with Crippen molar-refractivity contribution in [3.63, 3.8) is 0 Å². The lowest BCUT2D eigenvalue weighted by molar-refractivity contribution is -0.140. The van der Waals surface area contributed by atoms with Crippen molar-refractivity contribution in [2.45, 2.75) is 27.4 Å². The molecule has 0 saturated heterocycles. The van der Waals surface area contributed by atoms with E-state index in [2.05, 4.69) is 13.2 Å². The maximum Gasteiger partial charge on any atom is 0.475 e. The molecule has 0 bridgehead atoms. The number of hydrogen-bond donors (Lipinski definition) is 0. The number of benzene rings is 1. The first-order valence-electron chi connectivity index (χ1n) is 8.88. The molecule has 8 nitrogen and oxygen atoms in total. The topological polar surface area (TPSA) is 97.4 Å². The summed E-state index contributed by atoms with van der Waals surface area (Å²) in [5.41, 5.74) is 2.23. The lowest BCUT2D eigenvalue weighted by Crippen LogP contribution is -2.14. The molecule has 0 aliphatic heterocycles. The molecule has 0 N–H and O–H groups in total. The van der Waals surface area contributed by atoms with E-state index < -0.39 is 19.8 Å². The van der Waals surface area contributed by atoms with Gasteiger partial charge in [-0.1, -0.05) is 37.4 Å². The lowest BCUT2D eigenvalue weighted by Gasteiger charge is -2.18. The second kappa shape index (κ2) is 12.3. The van der Waals surface area contributed by atoms with E-state index in [-0.39, 0.29) is 44.2 Å². The average Bonchev–Trinajstić information content (AvgIpc) is 2.67. The number of phosphoric ester groups is 1. The van der Waals surface area contributed by atoms with Crippen molar-refractivity contribution in [1.29, 1.82) is 0 Å². The van der Waals surface area contributed by atoms with Crippen molar-refractivity contribution in [2.24, 2.45) is 0 Å². The van der Waals surface area contributed by atoms with Gasteiger partial charge in [-0.05, 0) is 31.9 Å². The van der Waals surface area contributed by atoms with Gasteiger partial charge in [0, 0.05) is 11.1 Å². The summed E-state index contributed by atoms with van der Waals surface area (Å²) in [6.45, 7) is 11.1. The van der Waals surface area contributed by atoms with Gasteiger partial charge in [-0.25, -0.2) is 14.2 Å². The Morgan fingerprint density at radius 2 is 1.34 bits per heavy atom. The number of ether oxygens (including phenoxy) is 2. The summed E-state index contributed by atoms with van der Waals surface area (Å²) in [5.74, 6) is -1.17. The van der Waals surface area contributed by atoms with Crippen LogP contribution in [0.1, 0.15) is 25.0 Å². The van der Waals surface area contributed by atoms with E-state index in [1.807, 2.05) is 31.2 Å². The molecule has 29 heavy (non-hydrogen) atoms. The van der Waals surface area contributed by atoms with E-state index in [0.29, 0.717) is 0 Å². The van der Waals surface area contributed by atoms with E-state index in [0.717, 1.165) is 11.1 Å². The number of aryl methyl sites for hydroxylation is 1. The maximum atomic E-state index is 12.9. The van der Waals surface area contributed by atoms with Crippen LogP contribution in [0.5, 0.6) is 0 Å². The van der Waals surface area contributed by atoms with E-state index >= 15 is 0 Å². The van der Waals surface area contributed by atoms with Crippen molar-refractivity contribution >= 4 is 19.8 Å². The predicted molar refractivity (Wildman–Crippen MR) is 107 cm³/mol. The van der Waals surface area contributed by atoms with Gasteiger partial charge in [-0.15, -0.1) is 0 Å². The molecule has 0 aliphatic rings. The van der Waals surface area contributed by atoms with Crippen molar-refractivity contribution < 1.29 is 37.2 Å². The predicted octanol–water partition coefficient (Wildman–Crippen LogP) is 3.89. The third kappa shape index (κ3) is 9.67. The van der Waals surface area contributed by atoms with Gasteiger partial charge < -0.3 is 9.47 Å². The van der Waals surface area contributed by atoms with Gasteiger partial charge in [-0.3, -0.25) is 13.6 Å². The second-order valence-electron chi connectivity index (χ2n) is 6.15. The van der Waals surface area contributed by atoms with Crippen LogP contribution in [-0.2, 0) is 43.8 Å². The van der Waals surface area contributed by atoms with E-state index in [4.69, 9.17) is 23.0 Å². The fraction of sp³-hybridized carbons (Fsp3) is 0.400. The first kappa shape index (κ1) is 24.8. The molecule has 0 aliphatic carbocycles. The Balaban J connectivity index is 2.62. The summed E-state index contributed by atoms with van der Waals surface area (Å²) >= 11 is 0. The third-order valence-corrected chi connectivity index (χ3v) is 4.91. The highest BCUT2D eigenvalue weighted by molar-refractivity contribution is 7.48. The smallest absolute Gasteiger partial charge is 0.460 e. The molecule has 0 heterocycles. The minimum atomic E-state index is -4.00. The molecule has 0 spiro atoms. The SMILES string of the molecule is C=C(C)C(=O)OCCOP(=O)(OCCOC(=O)C(=C)C)OCc1ccccc1C. The maximum absolute atomic E-state index is 12.9. The minimum Gasteiger partial charge on any atom is -0.460 e. The van der Waals surface area contributed by atoms with Crippen molar-refractivity contribution in [3.8, 4) is 0 Å². The Morgan fingerprint density at radius 1 is 0.862 bits per heavy atom. The van der Waals surface area contributed by atoms with Crippen LogP contribution in [0.4, 0.5) is 0 Å². The number of carbonyl (C=O) groups excluding carboxylic acids is 2. The first-order chi connectivity index (χ1) is 13.6. The molecular weight excluding hydrogens is 399 g/mol.